The highest BCUT2D eigenvalue weighted by molar-refractivity contribution is 6.09. The molecule has 0 aliphatic heterocycles. The molecule has 0 unspecified atom stereocenters. The molecule has 1 heterocycles. The molecule has 0 spiro atoms. The van der Waals surface area contributed by atoms with Crippen molar-refractivity contribution in [3.63, 3.8) is 0 Å². The van der Waals surface area contributed by atoms with Gasteiger partial charge in [-0.15, -0.1) is 0 Å². The van der Waals surface area contributed by atoms with E-state index in [1.807, 2.05) is 0 Å². The Labute approximate surface area is 149 Å². The molecule has 27 heavy (non-hydrogen) atoms. The summed E-state index contributed by atoms with van der Waals surface area (Å²) in [7, 11) is 0. The maximum absolute atomic E-state index is 12.9. The van der Waals surface area contributed by atoms with Gasteiger partial charge in [0.1, 0.15) is 17.0 Å². The lowest BCUT2D eigenvalue weighted by Gasteiger charge is -2.10. The van der Waals surface area contributed by atoms with Crippen LogP contribution in [0.1, 0.15) is 0 Å². The number of anilines is 2. The van der Waals surface area contributed by atoms with E-state index in [0.717, 1.165) is 18.2 Å². The molecule has 0 aliphatic carbocycles. The minimum atomic E-state index is -0.856. The second-order valence-corrected chi connectivity index (χ2v) is 5.29. The fourth-order valence-corrected chi connectivity index (χ4v) is 2.44. The molecule has 136 valence electrons. The smallest absolute Gasteiger partial charge is 0.308 e. The van der Waals surface area contributed by atoms with Crippen molar-refractivity contribution in [1.82, 2.24) is 4.98 Å². The van der Waals surface area contributed by atoms with E-state index in [4.69, 9.17) is 0 Å². The lowest BCUT2D eigenvalue weighted by molar-refractivity contribution is -0.392. The molecule has 2 N–H and O–H groups in total. The minimum Gasteiger partial charge on any atom is -0.308 e. The van der Waals surface area contributed by atoms with Crippen LogP contribution in [-0.4, -0.2) is 20.9 Å². The van der Waals surface area contributed by atoms with Crippen LogP contribution in [-0.2, 0) is 0 Å². The van der Waals surface area contributed by atoms with Gasteiger partial charge in [-0.25, -0.2) is 9.18 Å². The summed E-state index contributed by atoms with van der Waals surface area (Å²) in [6.45, 7) is 0. The molecule has 0 saturated carbocycles. The summed E-state index contributed by atoms with van der Waals surface area (Å²) in [6.07, 6.45) is 1.29. The van der Waals surface area contributed by atoms with E-state index in [1.165, 1.54) is 30.5 Å². The number of nitrogens with one attached hydrogen (secondary N) is 2. The van der Waals surface area contributed by atoms with Gasteiger partial charge in [-0.2, -0.15) is 0 Å². The average Bonchev–Trinajstić information content (AvgIpc) is 2.63. The highest BCUT2D eigenvalue weighted by Gasteiger charge is 2.27. The first kappa shape index (κ1) is 17.7. The molecule has 0 fully saturated rings. The standard InChI is InChI=1S/C16H10FN5O5/c17-9-3-5-10(6-4-9)19-16(23)20-15-13(22(26)27)8-12(21(24)25)11-2-1-7-18-14(11)15/h1-8H,(H2,19,20,23). The zero-order valence-corrected chi connectivity index (χ0v) is 13.4. The van der Waals surface area contributed by atoms with Crippen LogP contribution in [0.2, 0.25) is 0 Å². The first-order valence-electron chi connectivity index (χ1n) is 7.41. The number of urea groups is 1. The Morgan fingerprint density at radius 2 is 1.67 bits per heavy atom. The maximum atomic E-state index is 12.9. The Hall–Kier alpha value is -4.15. The number of pyridine rings is 1. The van der Waals surface area contributed by atoms with Crippen molar-refractivity contribution < 1.29 is 19.0 Å². The monoisotopic (exact) mass is 371 g/mol. The average molecular weight is 371 g/mol. The number of hydrogen-bond acceptors (Lipinski definition) is 6. The lowest BCUT2D eigenvalue weighted by atomic mass is 10.1. The summed E-state index contributed by atoms with van der Waals surface area (Å²) >= 11 is 0. The molecule has 3 rings (SSSR count). The molecule has 11 heteroatoms. The Morgan fingerprint density at radius 1 is 1.00 bits per heavy atom. The van der Waals surface area contributed by atoms with Gasteiger partial charge >= 0.3 is 11.7 Å². The quantitative estimate of drug-likeness (QED) is 0.527. The molecule has 0 aliphatic rings. The van der Waals surface area contributed by atoms with Gasteiger partial charge in [0.15, 0.2) is 0 Å². The van der Waals surface area contributed by atoms with Gasteiger partial charge in [0.2, 0.25) is 0 Å². The molecular weight excluding hydrogens is 361 g/mol. The van der Waals surface area contributed by atoms with E-state index in [-0.39, 0.29) is 22.3 Å². The normalized spacial score (nSPS) is 10.4. The Morgan fingerprint density at radius 3 is 2.30 bits per heavy atom. The molecule has 2 amide bonds. The third kappa shape index (κ3) is 3.61. The van der Waals surface area contributed by atoms with Gasteiger partial charge in [0.05, 0.1) is 21.3 Å². The second-order valence-electron chi connectivity index (χ2n) is 5.29. The van der Waals surface area contributed by atoms with Gasteiger partial charge in [-0.05, 0) is 36.4 Å². The molecular formula is C16H10FN5O5. The summed E-state index contributed by atoms with van der Waals surface area (Å²) < 4.78 is 12.9. The molecule has 1 aromatic heterocycles. The Kier molecular flexibility index (Phi) is 4.58. The summed E-state index contributed by atoms with van der Waals surface area (Å²) in [5, 5.41) is 27.3. The van der Waals surface area contributed by atoms with E-state index in [2.05, 4.69) is 15.6 Å². The Bertz CT molecular complexity index is 1070. The van der Waals surface area contributed by atoms with Crippen LogP contribution >= 0.6 is 0 Å². The molecule has 0 bridgehead atoms. The maximum Gasteiger partial charge on any atom is 0.323 e. The van der Waals surface area contributed by atoms with Crippen LogP contribution in [0.15, 0.2) is 48.7 Å². The third-order valence-electron chi connectivity index (χ3n) is 3.58. The van der Waals surface area contributed by atoms with Gasteiger partial charge in [-0.1, -0.05) is 0 Å². The number of fused-ring (bicyclic) bond motifs is 1. The van der Waals surface area contributed by atoms with Crippen molar-refractivity contribution in [3.05, 3.63) is 74.7 Å². The predicted molar refractivity (Wildman–Crippen MR) is 94.1 cm³/mol. The van der Waals surface area contributed by atoms with E-state index in [1.54, 1.807) is 0 Å². The van der Waals surface area contributed by atoms with E-state index >= 15 is 0 Å². The number of nitro benzene ring substituents is 2. The van der Waals surface area contributed by atoms with Crippen LogP contribution in [0, 0.1) is 26.0 Å². The van der Waals surface area contributed by atoms with Crippen molar-refractivity contribution in [2.75, 3.05) is 10.6 Å². The number of hydrogen-bond donors (Lipinski definition) is 2. The number of aromatic nitrogens is 1. The molecule has 0 radical (unpaired) electrons. The van der Waals surface area contributed by atoms with Crippen LogP contribution in [0.3, 0.4) is 0 Å². The SMILES string of the molecule is O=C(Nc1ccc(F)cc1)Nc1c([N+](=O)[O-])cc([N+](=O)[O-])c2cccnc12. The zero-order chi connectivity index (χ0) is 19.6. The van der Waals surface area contributed by atoms with Gasteiger partial charge in [-0.3, -0.25) is 30.5 Å². The Balaban J connectivity index is 2.04. The molecule has 10 nitrogen and oxygen atoms in total. The van der Waals surface area contributed by atoms with Crippen molar-refractivity contribution in [2.45, 2.75) is 0 Å². The molecule has 2 aromatic carbocycles. The minimum absolute atomic E-state index is 0.0326. The fraction of sp³-hybridized carbons (Fsp3) is 0. The largest absolute Gasteiger partial charge is 0.323 e. The number of benzene rings is 2. The van der Waals surface area contributed by atoms with Crippen LogP contribution < -0.4 is 10.6 Å². The van der Waals surface area contributed by atoms with Crippen molar-refractivity contribution >= 4 is 39.7 Å². The van der Waals surface area contributed by atoms with Crippen molar-refractivity contribution in [2.24, 2.45) is 0 Å². The number of rotatable bonds is 4. The highest BCUT2D eigenvalue weighted by atomic mass is 19.1. The molecule has 0 atom stereocenters. The number of non-ortho nitro benzene ring substituents is 1. The van der Waals surface area contributed by atoms with Crippen molar-refractivity contribution in [3.8, 4) is 0 Å². The number of carbonyl (C=O) groups is 1. The molecule has 0 saturated heterocycles. The summed E-state index contributed by atoms with van der Waals surface area (Å²) in [5.41, 5.74) is -1.33. The molecule has 3 aromatic rings. The number of nitro groups is 2. The number of halogens is 1. The van der Waals surface area contributed by atoms with Crippen LogP contribution in [0.5, 0.6) is 0 Å². The van der Waals surface area contributed by atoms with Gasteiger partial charge in [0, 0.05) is 11.9 Å². The van der Waals surface area contributed by atoms with Crippen LogP contribution in [0.4, 0.5) is 31.9 Å². The van der Waals surface area contributed by atoms with E-state index < -0.39 is 33.1 Å². The first-order chi connectivity index (χ1) is 12.9. The van der Waals surface area contributed by atoms with Gasteiger partial charge < -0.3 is 5.32 Å². The summed E-state index contributed by atoms with van der Waals surface area (Å²) in [4.78, 5) is 37.1. The number of carbonyl (C=O) groups excluding carboxylic acids is 1. The van der Waals surface area contributed by atoms with E-state index in [0.29, 0.717) is 0 Å². The number of nitrogens with zero attached hydrogens (tertiary/aromatic N) is 3. The zero-order valence-electron chi connectivity index (χ0n) is 13.4. The predicted octanol–water partition coefficient (Wildman–Crippen LogP) is 3.83. The lowest BCUT2D eigenvalue weighted by Crippen LogP contribution is -2.20. The summed E-state index contributed by atoms with van der Waals surface area (Å²) in [6, 6.07) is 7.56. The second kappa shape index (κ2) is 7.00. The van der Waals surface area contributed by atoms with Gasteiger partial charge in [0.25, 0.3) is 5.69 Å². The summed E-state index contributed by atoms with van der Waals surface area (Å²) in [5.74, 6) is -0.498. The highest BCUT2D eigenvalue weighted by Crippen LogP contribution is 2.38. The topological polar surface area (TPSA) is 140 Å². The van der Waals surface area contributed by atoms with Crippen molar-refractivity contribution in [1.29, 1.82) is 0 Å². The fourth-order valence-electron chi connectivity index (χ4n) is 2.44. The number of amides is 2. The third-order valence-corrected chi connectivity index (χ3v) is 3.58. The van der Waals surface area contributed by atoms with E-state index in [9.17, 15) is 29.4 Å². The van der Waals surface area contributed by atoms with Crippen LogP contribution in [0.25, 0.3) is 10.9 Å². The first-order valence-corrected chi connectivity index (χ1v) is 7.41.